The first-order valence-corrected chi connectivity index (χ1v) is 5.00. The van der Waals surface area contributed by atoms with E-state index in [9.17, 15) is 9.18 Å². The van der Waals surface area contributed by atoms with E-state index in [0.717, 1.165) is 11.8 Å². The predicted octanol–water partition coefficient (Wildman–Crippen LogP) is 2.67. The third kappa shape index (κ3) is 2.96. The molecule has 0 radical (unpaired) electrons. The lowest BCUT2D eigenvalue weighted by molar-refractivity contribution is -0.114. The number of thiocyanates is 1. The van der Waals surface area contributed by atoms with Crippen LogP contribution < -0.4 is 5.32 Å². The highest BCUT2D eigenvalue weighted by Crippen LogP contribution is 2.27. The zero-order valence-electron chi connectivity index (χ0n) is 8.30. The van der Waals surface area contributed by atoms with Gasteiger partial charge in [0.05, 0.1) is 5.69 Å². The number of nitrogens with zero attached hydrogens (tertiary/aromatic N) is 1. The molecule has 1 rings (SSSR count). The lowest BCUT2D eigenvalue weighted by Gasteiger charge is -2.07. The Bertz CT molecular complexity index is 440. The quantitative estimate of drug-likeness (QED) is 0.620. The van der Waals surface area contributed by atoms with E-state index in [1.54, 1.807) is 6.92 Å². The van der Waals surface area contributed by atoms with Crippen molar-refractivity contribution in [3.05, 3.63) is 23.5 Å². The Hall–Kier alpha value is -1.54. The van der Waals surface area contributed by atoms with Crippen molar-refractivity contribution in [2.24, 2.45) is 0 Å². The SMILES string of the molecule is CC(=O)Nc1cc(SC#N)c(C)cc1F. The molecule has 0 unspecified atom stereocenters. The molecule has 0 saturated carbocycles. The third-order valence-electron chi connectivity index (χ3n) is 1.73. The van der Waals surface area contributed by atoms with Gasteiger partial charge in [-0.15, -0.1) is 0 Å². The lowest BCUT2D eigenvalue weighted by atomic mass is 10.2. The molecule has 1 amide bonds. The molecule has 0 aliphatic heterocycles. The maximum Gasteiger partial charge on any atom is 0.221 e. The number of hydrogen-bond acceptors (Lipinski definition) is 3. The molecule has 0 fully saturated rings. The van der Waals surface area contributed by atoms with Crippen molar-refractivity contribution in [2.45, 2.75) is 18.7 Å². The van der Waals surface area contributed by atoms with Gasteiger partial charge < -0.3 is 5.32 Å². The van der Waals surface area contributed by atoms with Crippen LogP contribution in [0.5, 0.6) is 0 Å². The number of carbonyl (C=O) groups is 1. The monoisotopic (exact) mass is 224 g/mol. The van der Waals surface area contributed by atoms with Crippen LogP contribution in [0.15, 0.2) is 17.0 Å². The van der Waals surface area contributed by atoms with Gasteiger partial charge in [-0.25, -0.2) is 4.39 Å². The fourth-order valence-electron chi connectivity index (χ4n) is 1.10. The summed E-state index contributed by atoms with van der Waals surface area (Å²) in [6.45, 7) is 3.01. The van der Waals surface area contributed by atoms with E-state index in [4.69, 9.17) is 5.26 Å². The van der Waals surface area contributed by atoms with Gasteiger partial charge in [0.15, 0.2) is 0 Å². The van der Waals surface area contributed by atoms with Crippen molar-refractivity contribution in [3.8, 4) is 5.40 Å². The molecule has 0 spiro atoms. The lowest BCUT2D eigenvalue weighted by Crippen LogP contribution is -2.07. The standard InChI is InChI=1S/C10H9FN2OS/c1-6-3-8(11)9(13-7(2)14)4-10(6)15-5-12/h3-4H,1-2H3,(H,13,14). The maximum absolute atomic E-state index is 13.3. The van der Waals surface area contributed by atoms with Gasteiger partial charge >= 0.3 is 0 Å². The summed E-state index contributed by atoms with van der Waals surface area (Å²) in [5, 5.41) is 12.8. The molecule has 0 bridgehead atoms. The summed E-state index contributed by atoms with van der Waals surface area (Å²) in [7, 11) is 0. The van der Waals surface area contributed by atoms with E-state index in [0.29, 0.717) is 10.5 Å². The van der Waals surface area contributed by atoms with E-state index in [-0.39, 0.29) is 11.6 Å². The molecule has 5 heteroatoms. The molecule has 1 N–H and O–H groups in total. The van der Waals surface area contributed by atoms with Crippen LogP contribution in [-0.4, -0.2) is 5.91 Å². The first-order chi connectivity index (χ1) is 7.04. The second kappa shape index (κ2) is 4.80. The number of aryl methyl sites for hydroxylation is 1. The van der Waals surface area contributed by atoms with Crippen molar-refractivity contribution < 1.29 is 9.18 Å². The van der Waals surface area contributed by atoms with Crippen molar-refractivity contribution in [1.82, 2.24) is 0 Å². The average molecular weight is 224 g/mol. The number of nitrogens with one attached hydrogen (secondary N) is 1. The minimum atomic E-state index is -0.495. The normalized spacial score (nSPS) is 9.47. The second-order valence-electron chi connectivity index (χ2n) is 2.97. The van der Waals surface area contributed by atoms with Gasteiger partial charge in [0, 0.05) is 11.8 Å². The van der Waals surface area contributed by atoms with E-state index in [1.165, 1.54) is 19.1 Å². The average Bonchev–Trinajstić information content (AvgIpc) is 2.12. The summed E-state index contributed by atoms with van der Waals surface area (Å²) >= 11 is 0.939. The number of amides is 1. The molecule has 0 aromatic heterocycles. The van der Waals surface area contributed by atoms with E-state index in [1.807, 2.05) is 5.40 Å². The second-order valence-corrected chi connectivity index (χ2v) is 3.80. The van der Waals surface area contributed by atoms with Crippen molar-refractivity contribution in [1.29, 1.82) is 5.26 Å². The Balaban J connectivity index is 3.12. The first-order valence-electron chi connectivity index (χ1n) is 4.18. The van der Waals surface area contributed by atoms with Crippen molar-refractivity contribution in [3.63, 3.8) is 0 Å². The fourth-order valence-corrected chi connectivity index (χ4v) is 1.59. The van der Waals surface area contributed by atoms with E-state index < -0.39 is 5.82 Å². The van der Waals surface area contributed by atoms with Crippen LogP contribution in [0, 0.1) is 23.4 Å². The molecule has 1 aromatic carbocycles. The number of benzene rings is 1. The summed E-state index contributed by atoms with van der Waals surface area (Å²) in [5.41, 5.74) is 0.777. The zero-order chi connectivity index (χ0) is 11.4. The molecule has 1 aromatic rings. The number of hydrogen-bond donors (Lipinski definition) is 1. The number of carbonyl (C=O) groups excluding carboxylic acids is 1. The summed E-state index contributed by atoms with van der Waals surface area (Å²) in [4.78, 5) is 11.4. The smallest absolute Gasteiger partial charge is 0.221 e. The van der Waals surface area contributed by atoms with Crippen LogP contribution >= 0.6 is 11.8 Å². The molecule has 0 atom stereocenters. The van der Waals surface area contributed by atoms with Crippen LogP contribution in [0.1, 0.15) is 12.5 Å². The summed E-state index contributed by atoms with van der Waals surface area (Å²) in [6.07, 6.45) is 0. The third-order valence-corrected chi connectivity index (χ3v) is 2.48. The van der Waals surface area contributed by atoms with Crippen molar-refractivity contribution in [2.75, 3.05) is 5.32 Å². The maximum atomic E-state index is 13.3. The molecular weight excluding hydrogens is 215 g/mol. The highest BCUT2D eigenvalue weighted by Gasteiger charge is 2.08. The van der Waals surface area contributed by atoms with Gasteiger partial charge in [0.1, 0.15) is 11.2 Å². The van der Waals surface area contributed by atoms with Gasteiger partial charge in [0.25, 0.3) is 0 Å². The van der Waals surface area contributed by atoms with Gasteiger partial charge in [-0.3, -0.25) is 4.79 Å². The summed E-state index contributed by atoms with van der Waals surface area (Å²) < 4.78 is 13.3. The van der Waals surface area contributed by atoms with Crippen LogP contribution in [0.25, 0.3) is 0 Å². The Morgan fingerprint density at radius 1 is 1.60 bits per heavy atom. The molecule has 78 valence electrons. The Morgan fingerprint density at radius 2 is 2.27 bits per heavy atom. The molecular formula is C10H9FN2OS. The summed E-state index contributed by atoms with van der Waals surface area (Å²) in [6, 6.07) is 2.75. The molecule has 3 nitrogen and oxygen atoms in total. The molecule has 0 aliphatic carbocycles. The van der Waals surface area contributed by atoms with Gasteiger partial charge in [-0.2, -0.15) is 5.26 Å². The minimum Gasteiger partial charge on any atom is -0.324 e. The first kappa shape index (κ1) is 11.5. The van der Waals surface area contributed by atoms with Crippen molar-refractivity contribution >= 4 is 23.4 Å². The van der Waals surface area contributed by atoms with Gasteiger partial charge in [-0.1, -0.05) is 0 Å². The Labute approximate surface area is 91.3 Å². The van der Waals surface area contributed by atoms with Gasteiger partial charge in [0.2, 0.25) is 5.91 Å². The zero-order valence-corrected chi connectivity index (χ0v) is 9.11. The van der Waals surface area contributed by atoms with Crippen LogP contribution in [0.3, 0.4) is 0 Å². The number of nitriles is 1. The topological polar surface area (TPSA) is 52.9 Å². The fraction of sp³-hybridized carbons (Fsp3) is 0.200. The highest BCUT2D eigenvalue weighted by molar-refractivity contribution is 8.03. The highest BCUT2D eigenvalue weighted by atomic mass is 32.2. The molecule has 0 saturated heterocycles. The minimum absolute atomic E-state index is 0.103. The molecule has 0 aliphatic rings. The number of halogens is 1. The Kier molecular flexibility index (Phi) is 3.69. The number of anilines is 1. The number of thioether (sulfide) groups is 1. The number of rotatable bonds is 2. The van der Waals surface area contributed by atoms with Crippen LogP contribution in [0.2, 0.25) is 0 Å². The summed E-state index contributed by atoms with van der Waals surface area (Å²) in [5.74, 6) is -0.837. The van der Waals surface area contributed by atoms with E-state index in [2.05, 4.69) is 5.32 Å². The van der Waals surface area contributed by atoms with Crippen LogP contribution in [0.4, 0.5) is 10.1 Å². The van der Waals surface area contributed by atoms with Crippen LogP contribution in [-0.2, 0) is 4.79 Å². The van der Waals surface area contributed by atoms with E-state index >= 15 is 0 Å². The molecule has 15 heavy (non-hydrogen) atoms. The predicted molar refractivity (Wildman–Crippen MR) is 56.9 cm³/mol. The van der Waals surface area contributed by atoms with Gasteiger partial charge in [-0.05, 0) is 36.4 Å². The largest absolute Gasteiger partial charge is 0.324 e. The molecule has 0 heterocycles. The Morgan fingerprint density at radius 3 is 2.80 bits per heavy atom.